The third kappa shape index (κ3) is 2.71. The molecule has 0 aliphatic rings. The summed E-state index contributed by atoms with van der Waals surface area (Å²) in [5.74, 6) is 0. The highest BCUT2D eigenvalue weighted by molar-refractivity contribution is 7.80. The highest BCUT2D eigenvalue weighted by Gasteiger charge is 2.01. The Labute approximate surface area is 88.7 Å². The van der Waals surface area contributed by atoms with Crippen molar-refractivity contribution < 1.29 is 0 Å². The Morgan fingerprint density at radius 1 is 1.50 bits per heavy atom. The normalized spacial score (nSPS) is 8.86. The predicted molar refractivity (Wildman–Crippen MR) is 61.1 cm³/mol. The molecule has 0 bridgehead atoms. The lowest BCUT2D eigenvalue weighted by atomic mass is 10.2. The maximum Gasteiger partial charge on any atom is 0.170 e. The Kier molecular flexibility index (Phi) is 3.89. The standard InChI is InChI=1S/C10H11N3S/c1-2-12-10(14)13-9-6-4-3-5-8(9)7-11/h3-6H,2H2,1H3,(H2,12,13,14). The van der Waals surface area contributed by atoms with Crippen LogP contribution in [0.3, 0.4) is 0 Å². The van der Waals surface area contributed by atoms with Crippen LogP contribution in [0.4, 0.5) is 5.69 Å². The highest BCUT2D eigenvalue weighted by atomic mass is 32.1. The number of nitrogens with one attached hydrogen (secondary N) is 2. The molecule has 0 amide bonds. The second kappa shape index (κ2) is 5.20. The minimum Gasteiger partial charge on any atom is -0.363 e. The number of rotatable bonds is 2. The summed E-state index contributed by atoms with van der Waals surface area (Å²) in [6.45, 7) is 2.73. The average molecular weight is 205 g/mol. The van der Waals surface area contributed by atoms with Gasteiger partial charge in [0.2, 0.25) is 0 Å². The molecule has 0 fully saturated rings. The third-order valence-corrected chi connectivity index (χ3v) is 1.88. The Morgan fingerprint density at radius 3 is 2.86 bits per heavy atom. The third-order valence-electron chi connectivity index (χ3n) is 1.63. The first-order valence-corrected chi connectivity index (χ1v) is 4.72. The maximum atomic E-state index is 8.81. The molecule has 0 saturated carbocycles. The smallest absolute Gasteiger partial charge is 0.170 e. The van der Waals surface area contributed by atoms with Gasteiger partial charge in [-0.1, -0.05) is 12.1 Å². The zero-order chi connectivity index (χ0) is 10.4. The van der Waals surface area contributed by atoms with Gasteiger partial charge in [-0.25, -0.2) is 0 Å². The zero-order valence-electron chi connectivity index (χ0n) is 7.87. The number of nitrogens with zero attached hydrogens (tertiary/aromatic N) is 1. The Morgan fingerprint density at radius 2 is 2.21 bits per heavy atom. The summed E-state index contributed by atoms with van der Waals surface area (Å²) in [5, 5.41) is 15.3. The van der Waals surface area contributed by atoms with E-state index in [1.807, 2.05) is 25.1 Å². The molecule has 1 aromatic carbocycles. The number of benzene rings is 1. The molecule has 72 valence electrons. The summed E-state index contributed by atoms with van der Waals surface area (Å²) in [4.78, 5) is 0. The van der Waals surface area contributed by atoms with Gasteiger partial charge in [-0.15, -0.1) is 0 Å². The number of para-hydroxylation sites is 1. The lowest BCUT2D eigenvalue weighted by molar-refractivity contribution is 0.979. The van der Waals surface area contributed by atoms with E-state index in [2.05, 4.69) is 16.7 Å². The molecule has 1 rings (SSSR count). The SMILES string of the molecule is CCNC(=S)Nc1ccccc1C#N. The van der Waals surface area contributed by atoms with Crippen LogP contribution >= 0.6 is 12.2 Å². The number of hydrogen-bond donors (Lipinski definition) is 2. The quantitative estimate of drug-likeness (QED) is 0.724. The van der Waals surface area contributed by atoms with Crippen molar-refractivity contribution in [3.63, 3.8) is 0 Å². The molecule has 14 heavy (non-hydrogen) atoms. The molecule has 2 N–H and O–H groups in total. The van der Waals surface area contributed by atoms with Crippen molar-refractivity contribution in [2.24, 2.45) is 0 Å². The lowest BCUT2D eigenvalue weighted by Gasteiger charge is -2.09. The molecule has 3 nitrogen and oxygen atoms in total. The zero-order valence-corrected chi connectivity index (χ0v) is 8.69. The number of anilines is 1. The Hall–Kier alpha value is -1.60. The molecule has 0 spiro atoms. The van der Waals surface area contributed by atoms with Crippen LogP contribution in [0, 0.1) is 11.3 Å². The van der Waals surface area contributed by atoms with Crippen molar-refractivity contribution in [2.45, 2.75) is 6.92 Å². The van der Waals surface area contributed by atoms with E-state index >= 15 is 0 Å². The summed E-state index contributed by atoms with van der Waals surface area (Å²) in [7, 11) is 0. The first-order valence-electron chi connectivity index (χ1n) is 4.32. The summed E-state index contributed by atoms with van der Waals surface area (Å²) in [6, 6.07) is 9.34. The molecule has 1 aromatic rings. The predicted octanol–water partition coefficient (Wildman–Crippen LogP) is 1.86. The molecule has 0 radical (unpaired) electrons. The van der Waals surface area contributed by atoms with Gasteiger partial charge < -0.3 is 10.6 Å². The second-order valence-corrected chi connectivity index (χ2v) is 3.05. The van der Waals surface area contributed by atoms with E-state index in [0.717, 1.165) is 12.2 Å². The Bertz CT molecular complexity index is 368. The van der Waals surface area contributed by atoms with Crippen molar-refractivity contribution in [1.82, 2.24) is 5.32 Å². The van der Waals surface area contributed by atoms with Gasteiger partial charge >= 0.3 is 0 Å². The molecule has 0 atom stereocenters. The van der Waals surface area contributed by atoms with Crippen molar-refractivity contribution in [3.8, 4) is 6.07 Å². The van der Waals surface area contributed by atoms with Gasteiger partial charge in [0.1, 0.15) is 6.07 Å². The van der Waals surface area contributed by atoms with Crippen LogP contribution < -0.4 is 10.6 Å². The van der Waals surface area contributed by atoms with Crippen LogP contribution in [0.15, 0.2) is 24.3 Å². The largest absolute Gasteiger partial charge is 0.363 e. The van der Waals surface area contributed by atoms with Crippen LogP contribution in [-0.4, -0.2) is 11.7 Å². The average Bonchev–Trinajstić information content (AvgIpc) is 2.19. The fourth-order valence-corrected chi connectivity index (χ4v) is 1.27. The number of nitriles is 1. The summed E-state index contributed by atoms with van der Waals surface area (Å²) in [6.07, 6.45) is 0. The highest BCUT2D eigenvalue weighted by Crippen LogP contribution is 2.12. The van der Waals surface area contributed by atoms with E-state index in [9.17, 15) is 0 Å². The van der Waals surface area contributed by atoms with Gasteiger partial charge in [-0.05, 0) is 31.3 Å². The summed E-state index contributed by atoms with van der Waals surface area (Å²) in [5.41, 5.74) is 1.33. The van der Waals surface area contributed by atoms with E-state index in [1.54, 1.807) is 6.07 Å². The number of hydrogen-bond acceptors (Lipinski definition) is 2. The molecule has 4 heteroatoms. The van der Waals surface area contributed by atoms with Crippen LogP contribution in [0.25, 0.3) is 0 Å². The van der Waals surface area contributed by atoms with Gasteiger partial charge in [-0.3, -0.25) is 0 Å². The van der Waals surface area contributed by atoms with E-state index in [1.165, 1.54) is 0 Å². The van der Waals surface area contributed by atoms with Gasteiger partial charge in [-0.2, -0.15) is 5.26 Å². The summed E-state index contributed by atoms with van der Waals surface area (Å²) < 4.78 is 0. The molecular formula is C10H11N3S. The van der Waals surface area contributed by atoms with Gasteiger partial charge in [0, 0.05) is 6.54 Å². The van der Waals surface area contributed by atoms with Crippen molar-refractivity contribution in [1.29, 1.82) is 5.26 Å². The van der Waals surface area contributed by atoms with Crippen LogP contribution in [0.5, 0.6) is 0 Å². The molecule has 0 heterocycles. The Balaban J connectivity index is 2.77. The van der Waals surface area contributed by atoms with Crippen LogP contribution in [0.2, 0.25) is 0 Å². The summed E-state index contributed by atoms with van der Waals surface area (Å²) >= 11 is 5.01. The topological polar surface area (TPSA) is 47.8 Å². The van der Waals surface area contributed by atoms with E-state index in [-0.39, 0.29) is 0 Å². The molecule has 0 saturated heterocycles. The van der Waals surface area contributed by atoms with Crippen LogP contribution in [-0.2, 0) is 0 Å². The number of thiocarbonyl (C=S) groups is 1. The molecule has 0 aliphatic carbocycles. The fraction of sp³-hybridized carbons (Fsp3) is 0.200. The van der Waals surface area contributed by atoms with Crippen molar-refractivity contribution >= 4 is 23.0 Å². The fourth-order valence-electron chi connectivity index (χ4n) is 1.02. The van der Waals surface area contributed by atoms with E-state index < -0.39 is 0 Å². The first kappa shape index (κ1) is 10.5. The van der Waals surface area contributed by atoms with E-state index in [0.29, 0.717) is 10.7 Å². The first-order chi connectivity index (χ1) is 6.77. The van der Waals surface area contributed by atoms with Crippen molar-refractivity contribution in [3.05, 3.63) is 29.8 Å². The molecule has 0 aromatic heterocycles. The van der Waals surface area contributed by atoms with E-state index in [4.69, 9.17) is 17.5 Å². The minimum absolute atomic E-state index is 0.537. The van der Waals surface area contributed by atoms with Crippen molar-refractivity contribution in [2.75, 3.05) is 11.9 Å². The van der Waals surface area contributed by atoms with Gasteiger partial charge in [0.15, 0.2) is 5.11 Å². The maximum absolute atomic E-state index is 8.81. The molecule has 0 unspecified atom stereocenters. The molecule has 0 aliphatic heterocycles. The van der Waals surface area contributed by atoms with Gasteiger partial charge in [0.25, 0.3) is 0 Å². The second-order valence-electron chi connectivity index (χ2n) is 2.64. The lowest BCUT2D eigenvalue weighted by Crippen LogP contribution is -2.28. The van der Waals surface area contributed by atoms with Gasteiger partial charge in [0.05, 0.1) is 11.3 Å². The minimum atomic E-state index is 0.537. The van der Waals surface area contributed by atoms with Crippen LogP contribution in [0.1, 0.15) is 12.5 Å². The molecular weight excluding hydrogens is 194 g/mol. The monoisotopic (exact) mass is 205 g/mol.